The minimum Gasteiger partial charge on any atom is -0.507 e. The summed E-state index contributed by atoms with van der Waals surface area (Å²) in [6.07, 6.45) is 3.09. The molecule has 4 aromatic rings. The first kappa shape index (κ1) is 27.4. The number of Topliss-reactive ketones (excluding diaryl/α,β-unsaturated/α-hetero) is 1. The van der Waals surface area contributed by atoms with Gasteiger partial charge in [-0.15, -0.1) is 0 Å². The fourth-order valence-corrected chi connectivity index (χ4v) is 6.20. The Balaban J connectivity index is 1.65. The summed E-state index contributed by atoms with van der Waals surface area (Å²) in [5.74, 6) is -0.501. The highest BCUT2D eigenvalue weighted by Gasteiger charge is 2.48. The molecule has 1 aliphatic rings. The van der Waals surface area contributed by atoms with Gasteiger partial charge in [0.25, 0.3) is 5.78 Å². The maximum absolute atomic E-state index is 13.6. The fraction of sp³-hybridized carbons (Fsp3) is 0.281. The number of ether oxygens (including phenoxy) is 2. The lowest BCUT2D eigenvalue weighted by atomic mass is 9.95. The topological polar surface area (TPSA) is 89.0 Å². The Bertz CT molecular complexity index is 1610. The van der Waals surface area contributed by atoms with Gasteiger partial charge >= 0.3 is 5.91 Å². The molecule has 2 heterocycles. The molecule has 1 amide bonds. The highest BCUT2D eigenvalue weighted by Crippen LogP contribution is 2.45. The summed E-state index contributed by atoms with van der Waals surface area (Å²) in [5.41, 5.74) is 3.93. The lowest BCUT2D eigenvalue weighted by Gasteiger charge is -2.23. The van der Waals surface area contributed by atoms with Gasteiger partial charge in [-0.2, -0.15) is 0 Å². The Morgan fingerprint density at radius 2 is 1.80 bits per heavy atom. The minimum absolute atomic E-state index is 0.00505. The Hall–Kier alpha value is -4.17. The molecule has 5 rings (SSSR count). The quantitative estimate of drug-likeness (QED) is 0.102. The number of hydrogen-bond donors (Lipinski definition) is 1. The third-order valence-corrected chi connectivity index (χ3v) is 8.02. The average Bonchev–Trinajstić information content (AvgIpc) is 3.49. The maximum Gasteiger partial charge on any atom is 0.301 e. The summed E-state index contributed by atoms with van der Waals surface area (Å²) >= 11 is 1.35. The van der Waals surface area contributed by atoms with Crippen molar-refractivity contribution in [3.63, 3.8) is 0 Å². The van der Waals surface area contributed by atoms with Gasteiger partial charge in [-0.3, -0.25) is 14.5 Å². The van der Waals surface area contributed by atoms with E-state index in [9.17, 15) is 14.7 Å². The summed E-state index contributed by atoms with van der Waals surface area (Å²) in [6.45, 7) is 6.70. The van der Waals surface area contributed by atoms with E-state index in [1.165, 1.54) is 16.2 Å². The smallest absolute Gasteiger partial charge is 0.301 e. The summed E-state index contributed by atoms with van der Waals surface area (Å²) in [7, 11) is 1.55. The zero-order valence-corrected chi connectivity index (χ0v) is 23.9. The Morgan fingerprint density at radius 3 is 2.52 bits per heavy atom. The highest BCUT2D eigenvalue weighted by atomic mass is 32.1. The molecule has 0 radical (unpaired) electrons. The van der Waals surface area contributed by atoms with E-state index in [-0.39, 0.29) is 11.3 Å². The number of anilines is 1. The highest BCUT2D eigenvalue weighted by molar-refractivity contribution is 7.22. The summed E-state index contributed by atoms with van der Waals surface area (Å²) in [6, 6.07) is 17.3. The van der Waals surface area contributed by atoms with E-state index in [4.69, 9.17) is 14.5 Å². The zero-order valence-electron chi connectivity index (χ0n) is 23.1. The van der Waals surface area contributed by atoms with Crippen LogP contribution >= 0.6 is 11.3 Å². The van der Waals surface area contributed by atoms with Crippen molar-refractivity contribution in [3.05, 3.63) is 88.5 Å². The van der Waals surface area contributed by atoms with Crippen molar-refractivity contribution in [1.29, 1.82) is 0 Å². The number of fused-ring (bicyclic) bond motifs is 1. The molecule has 8 heteroatoms. The molecule has 0 bridgehead atoms. The zero-order chi connectivity index (χ0) is 28.4. The monoisotopic (exact) mass is 556 g/mol. The summed E-state index contributed by atoms with van der Waals surface area (Å²) < 4.78 is 12.2. The van der Waals surface area contributed by atoms with Crippen LogP contribution in [0.25, 0.3) is 16.0 Å². The number of methoxy groups -OCH3 is 1. The summed E-state index contributed by atoms with van der Waals surface area (Å²) in [5, 5.41) is 11.9. The first-order valence-corrected chi connectivity index (χ1v) is 14.2. The van der Waals surface area contributed by atoms with Crippen molar-refractivity contribution in [2.24, 2.45) is 0 Å². The molecule has 1 unspecified atom stereocenters. The van der Waals surface area contributed by atoms with E-state index < -0.39 is 17.7 Å². The number of aryl methyl sites for hydroxylation is 2. The van der Waals surface area contributed by atoms with E-state index in [2.05, 4.69) is 6.92 Å². The number of carbonyl (C=O) groups is 2. The number of unbranched alkanes of at least 4 members (excludes halogenated alkanes) is 2. The molecule has 1 fully saturated rings. The van der Waals surface area contributed by atoms with Gasteiger partial charge in [-0.25, -0.2) is 4.98 Å². The predicted molar refractivity (Wildman–Crippen MR) is 158 cm³/mol. The third-order valence-electron chi connectivity index (χ3n) is 7.02. The Kier molecular flexibility index (Phi) is 7.89. The van der Waals surface area contributed by atoms with Crippen LogP contribution in [0.1, 0.15) is 54.5 Å². The molecule has 0 spiro atoms. The number of amides is 1. The van der Waals surface area contributed by atoms with Crippen LogP contribution in [0, 0.1) is 13.8 Å². The van der Waals surface area contributed by atoms with E-state index in [0.717, 1.165) is 40.6 Å². The largest absolute Gasteiger partial charge is 0.507 e. The second-order valence-corrected chi connectivity index (χ2v) is 11.0. The molecule has 0 saturated carbocycles. The number of aliphatic hydroxyl groups excluding tert-OH is 1. The van der Waals surface area contributed by atoms with E-state index in [1.54, 1.807) is 31.4 Å². The van der Waals surface area contributed by atoms with Crippen molar-refractivity contribution in [3.8, 4) is 11.5 Å². The lowest BCUT2D eigenvalue weighted by Crippen LogP contribution is -2.29. The average molecular weight is 557 g/mol. The first-order valence-electron chi connectivity index (χ1n) is 13.4. The number of carbonyl (C=O) groups excluding carboxylic acids is 2. The number of thiazole rings is 1. The van der Waals surface area contributed by atoms with Gasteiger partial charge in [0.1, 0.15) is 17.3 Å². The number of rotatable bonds is 9. The van der Waals surface area contributed by atoms with E-state index in [1.807, 2.05) is 50.2 Å². The number of hydrogen-bond acceptors (Lipinski definition) is 7. The van der Waals surface area contributed by atoms with Gasteiger partial charge in [0.05, 0.1) is 35.5 Å². The number of nitrogens with zero attached hydrogens (tertiary/aromatic N) is 2. The molecule has 40 heavy (non-hydrogen) atoms. The van der Waals surface area contributed by atoms with Crippen LogP contribution in [0.4, 0.5) is 5.13 Å². The molecule has 1 saturated heterocycles. The van der Waals surface area contributed by atoms with Gasteiger partial charge in [0.15, 0.2) is 5.13 Å². The van der Waals surface area contributed by atoms with Crippen molar-refractivity contribution >= 4 is 44.1 Å². The van der Waals surface area contributed by atoms with Gasteiger partial charge < -0.3 is 14.6 Å². The molecule has 3 aromatic carbocycles. The lowest BCUT2D eigenvalue weighted by molar-refractivity contribution is -0.132. The Labute approximate surface area is 237 Å². The number of ketones is 1. The second kappa shape index (κ2) is 11.5. The molecular weight excluding hydrogens is 524 g/mol. The molecule has 1 aliphatic heterocycles. The van der Waals surface area contributed by atoms with Gasteiger partial charge in [0.2, 0.25) is 0 Å². The molecule has 1 atom stereocenters. The summed E-state index contributed by atoms with van der Waals surface area (Å²) in [4.78, 5) is 33.4. The minimum atomic E-state index is -0.886. The molecule has 1 aromatic heterocycles. The van der Waals surface area contributed by atoms with Crippen LogP contribution in [0.3, 0.4) is 0 Å². The molecule has 206 valence electrons. The molecule has 7 nitrogen and oxygen atoms in total. The van der Waals surface area contributed by atoms with Crippen LogP contribution in [0.5, 0.6) is 11.5 Å². The second-order valence-electron chi connectivity index (χ2n) is 9.95. The molecule has 0 aliphatic carbocycles. The predicted octanol–water partition coefficient (Wildman–Crippen LogP) is 7.12. The molecular formula is C32H32N2O5S. The van der Waals surface area contributed by atoms with Gasteiger partial charge in [0, 0.05) is 5.56 Å². The van der Waals surface area contributed by atoms with Crippen LogP contribution < -0.4 is 14.4 Å². The van der Waals surface area contributed by atoms with Crippen LogP contribution in [-0.2, 0) is 9.59 Å². The SMILES string of the molecule is CCCCCOc1cccc(C2/C(=C(\O)c3ccc(OC)cc3)C(=O)C(=O)N2c2nc3c(C)cc(C)cc3s2)c1. The van der Waals surface area contributed by atoms with E-state index >= 15 is 0 Å². The van der Waals surface area contributed by atoms with Crippen LogP contribution in [-0.4, -0.2) is 35.5 Å². The standard InChI is InChI=1S/C32H32N2O5S/c1-5-6-7-15-39-24-10-8-9-22(18-24)28-26(29(35)21-11-13-23(38-4)14-12-21)30(36)31(37)34(28)32-33-27-20(3)16-19(2)17-25(27)40-32/h8-14,16-18,28,35H,5-7,15H2,1-4H3/b29-26+. The van der Waals surface area contributed by atoms with Crippen molar-refractivity contribution < 1.29 is 24.2 Å². The first-order chi connectivity index (χ1) is 19.3. The fourth-order valence-electron chi connectivity index (χ4n) is 5.03. The normalized spacial score (nSPS) is 16.6. The van der Waals surface area contributed by atoms with Gasteiger partial charge in [-0.05, 0) is 79.4 Å². The third kappa shape index (κ3) is 5.19. The maximum atomic E-state index is 13.6. The number of benzene rings is 3. The Morgan fingerprint density at radius 1 is 1.02 bits per heavy atom. The number of aromatic nitrogens is 1. The molecule has 1 N–H and O–H groups in total. The number of aliphatic hydroxyl groups is 1. The van der Waals surface area contributed by atoms with Crippen molar-refractivity contribution in [1.82, 2.24) is 4.98 Å². The van der Waals surface area contributed by atoms with Crippen LogP contribution in [0.15, 0.2) is 66.2 Å². The van der Waals surface area contributed by atoms with Crippen molar-refractivity contribution in [2.45, 2.75) is 46.1 Å². The van der Waals surface area contributed by atoms with Crippen LogP contribution in [0.2, 0.25) is 0 Å². The van der Waals surface area contributed by atoms with Gasteiger partial charge in [-0.1, -0.05) is 49.3 Å². The van der Waals surface area contributed by atoms with E-state index in [0.29, 0.717) is 34.4 Å². The van der Waals surface area contributed by atoms with Crippen molar-refractivity contribution in [2.75, 3.05) is 18.6 Å².